The van der Waals surface area contributed by atoms with Crippen LogP contribution >= 0.6 is 0 Å². The number of carbonyl (C=O) groups excluding carboxylic acids is 1. The van der Waals surface area contributed by atoms with Crippen LogP contribution in [0.25, 0.3) is 0 Å². The van der Waals surface area contributed by atoms with Gasteiger partial charge in [0.15, 0.2) is 0 Å². The highest BCUT2D eigenvalue weighted by Crippen LogP contribution is 2.32. The Hall–Kier alpha value is -1.27. The Morgan fingerprint density at radius 3 is 2.69 bits per heavy atom. The normalized spacial score (nSPS) is 17.3. The molecule has 0 saturated heterocycles. The molecule has 0 radical (unpaired) electrons. The summed E-state index contributed by atoms with van der Waals surface area (Å²) in [5.74, 6) is 0. The molecule has 16 heavy (non-hydrogen) atoms. The standard InChI is InChI=1S/C10H9BF2O3/c12-5-10(6-13)8-3-7(4-14)1-2-9(8)11(15)16-10/h1-4,15H,5-6H2. The first kappa shape index (κ1) is 11.2. The molecule has 0 spiro atoms. The average Bonchev–Trinajstić information content (AvgIpc) is 2.62. The zero-order valence-electron chi connectivity index (χ0n) is 8.32. The maximum Gasteiger partial charge on any atom is 0.492 e. The van der Waals surface area contributed by atoms with Gasteiger partial charge in [-0.2, -0.15) is 0 Å². The highest BCUT2D eigenvalue weighted by molar-refractivity contribution is 6.62. The maximum absolute atomic E-state index is 12.9. The molecule has 0 bridgehead atoms. The van der Waals surface area contributed by atoms with E-state index in [4.69, 9.17) is 4.65 Å². The molecule has 0 atom stereocenters. The first-order valence-electron chi connectivity index (χ1n) is 4.74. The van der Waals surface area contributed by atoms with Crippen LogP contribution in [-0.2, 0) is 10.3 Å². The molecular weight excluding hydrogens is 217 g/mol. The van der Waals surface area contributed by atoms with Crippen molar-refractivity contribution in [3.8, 4) is 0 Å². The summed E-state index contributed by atoms with van der Waals surface area (Å²) in [5.41, 5.74) is -0.966. The van der Waals surface area contributed by atoms with Crippen LogP contribution in [0.2, 0.25) is 0 Å². The van der Waals surface area contributed by atoms with Crippen molar-refractivity contribution < 1.29 is 23.3 Å². The molecule has 0 aliphatic carbocycles. The average molecular weight is 226 g/mol. The fraction of sp³-hybridized carbons (Fsp3) is 0.300. The molecule has 1 aromatic carbocycles. The number of hydrogen-bond donors (Lipinski definition) is 1. The van der Waals surface area contributed by atoms with E-state index in [1.807, 2.05) is 0 Å². The van der Waals surface area contributed by atoms with E-state index in [9.17, 15) is 18.6 Å². The zero-order valence-corrected chi connectivity index (χ0v) is 8.32. The molecule has 0 amide bonds. The zero-order chi connectivity index (χ0) is 11.8. The summed E-state index contributed by atoms with van der Waals surface area (Å²) in [4.78, 5) is 10.6. The number of hydrogen-bond acceptors (Lipinski definition) is 3. The van der Waals surface area contributed by atoms with Gasteiger partial charge in [0.2, 0.25) is 0 Å². The lowest BCUT2D eigenvalue weighted by atomic mass is 9.78. The number of halogens is 2. The minimum Gasteiger partial charge on any atom is -0.423 e. The summed E-state index contributed by atoms with van der Waals surface area (Å²) < 4.78 is 30.7. The molecule has 1 heterocycles. The summed E-state index contributed by atoms with van der Waals surface area (Å²) in [6.45, 7) is -2.17. The minimum atomic E-state index is -1.77. The second-order valence-corrected chi connectivity index (χ2v) is 3.70. The quantitative estimate of drug-likeness (QED) is 0.597. The Kier molecular flexibility index (Phi) is 2.77. The number of rotatable bonds is 3. The van der Waals surface area contributed by atoms with E-state index in [1.165, 1.54) is 18.2 Å². The number of benzene rings is 1. The summed E-state index contributed by atoms with van der Waals surface area (Å²) in [6, 6.07) is 4.25. The minimum absolute atomic E-state index is 0.203. The van der Waals surface area contributed by atoms with Gasteiger partial charge in [0.05, 0.1) is 0 Å². The van der Waals surface area contributed by atoms with Gasteiger partial charge in [-0.3, -0.25) is 4.79 Å². The number of carbonyl (C=O) groups is 1. The van der Waals surface area contributed by atoms with Crippen LogP contribution in [0, 0.1) is 0 Å². The van der Waals surface area contributed by atoms with Crippen LogP contribution in [-0.4, -0.2) is 31.8 Å². The van der Waals surface area contributed by atoms with Crippen molar-refractivity contribution in [1.29, 1.82) is 0 Å². The first-order chi connectivity index (χ1) is 7.66. The lowest BCUT2D eigenvalue weighted by Crippen LogP contribution is -2.33. The van der Waals surface area contributed by atoms with E-state index in [1.54, 1.807) is 0 Å². The van der Waals surface area contributed by atoms with Crippen LogP contribution < -0.4 is 5.46 Å². The summed E-state index contributed by atoms with van der Waals surface area (Å²) in [5, 5.41) is 9.50. The van der Waals surface area contributed by atoms with Crippen molar-refractivity contribution in [3.63, 3.8) is 0 Å². The van der Waals surface area contributed by atoms with E-state index in [-0.39, 0.29) is 5.56 Å². The van der Waals surface area contributed by atoms with Gasteiger partial charge in [-0.15, -0.1) is 0 Å². The molecule has 0 fully saturated rings. The van der Waals surface area contributed by atoms with Gasteiger partial charge in [-0.05, 0) is 17.1 Å². The van der Waals surface area contributed by atoms with Crippen molar-refractivity contribution in [3.05, 3.63) is 29.3 Å². The molecule has 3 nitrogen and oxygen atoms in total. The molecule has 6 heteroatoms. The molecule has 84 valence electrons. The van der Waals surface area contributed by atoms with Crippen molar-refractivity contribution in [2.75, 3.05) is 13.3 Å². The highest BCUT2D eigenvalue weighted by Gasteiger charge is 2.47. The van der Waals surface area contributed by atoms with Crippen molar-refractivity contribution in [1.82, 2.24) is 0 Å². The molecule has 0 unspecified atom stereocenters. The van der Waals surface area contributed by atoms with E-state index >= 15 is 0 Å². The van der Waals surface area contributed by atoms with Gasteiger partial charge >= 0.3 is 7.12 Å². The second-order valence-electron chi connectivity index (χ2n) is 3.70. The topological polar surface area (TPSA) is 46.5 Å². The third kappa shape index (κ3) is 1.45. The van der Waals surface area contributed by atoms with Crippen LogP contribution in [0.4, 0.5) is 8.78 Å². The Morgan fingerprint density at radius 2 is 2.12 bits per heavy atom. The number of aldehydes is 1. The largest absolute Gasteiger partial charge is 0.492 e. The lowest BCUT2D eigenvalue weighted by molar-refractivity contribution is 0.0105. The lowest BCUT2D eigenvalue weighted by Gasteiger charge is -2.23. The Morgan fingerprint density at radius 1 is 1.44 bits per heavy atom. The van der Waals surface area contributed by atoms with E-state index in [0.29, 0.717) is 17.3 Å². The van der Waals surface area contributed by atoms with Gasteiger partial charge in [-0.1, -0.05) is 12.1 Å². The van der Waals surface area contributed by atoms with Gasteiger partial charge < -0.3 is 9.68 Å². The van der Waals surface area contributed by atoms with E-state index in [0.717, 1.165) is 0 Å². The number of fused-ring (bicyclic) bond motifs is 1. The summed E-state index contributed by atoms with van der Waals surface area (Å²) >= 11 is 0. The van der Waals surface area contributed by atoms with Crippen LogP contribution in [0.3, 0.4) is 0 Å². The third-order valence-corrected chi connectivity index (χ3v) is 2.74. The molecule has 0 saturated carbocycles. The Balaban J connectivity index is 2.57. The first-order valence-corrected chi connectivity index (χ1v) is 4.74. The van der Waals surface area contributed by atoms with Crippen LogP contribution in [0.5, 0.6) is 0 Å². The number of alkyl halides is 2. The SMILES string of the molecule is O=Cc1ccc2c(c1)C(CF)(CF)OB2O. The van der Waals surface area contributed by atoms with Gasteiger partial charge in [0, 0.05) is 5.56 Å². The van der Waals surface area contributed by atoms with Gasteiger partial charge in [-0.25, -0.2) is 8.78 Å². The summed E-state index contributed by atoms with van der Waals surface area (Å²) in [7, 11) is -1.35. The summed E-state index contributed by atoms with van der Waals surface area (Å²) in [6.07, 6.45) is 0.576. The fourth-order valence-corrected chi connectivity index (χ4v) is 1.84. The van der Waals surface area contributed by atoms with Crippen molar-refractivity contribution in [2.45, 2.75) is 5.60 Å². The van der Waals surface area contributed by atoms with Crippen LogP contribution in [0.15, 0.2) is 18.2 Å². The van der Waals surface area contributed by atoms with Crippen molar-refractivity contribution in [2.24, 2.45) is 0 Å². The van der Waals surface area contributed by atoms with Gasteiger partial charge in [0.1, 0.15) is 25.2 Å². The maximum atomic E-state index is 12.9. The fourth-order valence-electron chi connectivity index (χ4n) is 1.84. The molecule has 1 aliphatic heterocycles. The van der Waals surface area contributed by atoms with Gasteiger partial charge in [0.25, 0.3) is 0 Å². The monoisotopic (exact) mass is 226 g/mol. The predicted molar refractivity (Wildman–Crippen MR) is 54.1 cm³/mol. The van der Waals surface area contributed by atoms with Crippen LogP contribution in [0.1, 0.15) is 15.9 Å². The third-order valence-electron chi connectivity index (χ3n) is 2.74. The molecular formula is C10H9BF2O3. The predicted octanol–water partition coefficient (Wildman–Crippen LogP) is 0.351. The Labute approximate surface area is 91.2 Å². The molecule has 2 rings (SSSR count). The van der Waals surface area contributed by atoms with E-state index < -0.39 is 26.1 Å². The Bertz CT molecular complexity index is 421. The molecule has 1 aromatic rings. The van der Waals surface area contributed by atoms with E-state index in [2.05, 4.69) is 0 Å². The molecule has 0 aromatic heterocycles. The molecule has 1 N–H and O–H groups in total. The smallest absolute Gasteiger partial charge is 0.423 e. The van der Waals surface area contributed by atoms with Crippen molar-refractivity contribution >= 4 is 18.9 Å². The second kappa shape index (κ2) is 3.95. The molecule has 1 aliphatic rings. The highest BCUT2D eigenvalue weighted by atomic mass is 19.1.